The van der Waals surface area contributed by atoms with Crippen molar-refractivity contribution in [1.82, 2.24) is 0 Å². The van der Waals surface area contributed by atoms with E-state index in [1.165, 1.54) is 19.4 Å². The van der Waals surface area contributed by atoms with E-state index in [1.54, 1.807) is 0 Å². The van der Waals surface area contributed by atoms with Crippen LogP contribution in [0.15, 0.2) is 10.7 Å². The molecule has 0 amide bonds. The molecule has 0 bridgehead atoms. The molecule has 0 unspecified atom stereocenters. The summed E-state index contributed by atoms with van der Waals surface area (Å²) >= 11 is 1.33. The molecule has 0 atom stereocenters. The Morgan fingerprint density at radius 3 is 1.93 bits per heavy atom. The van der Waals surface area contributed by atoms with Crippen molar-refractivity contribution in [2.45, 2.75) is 33.1 Å². The summed E-state index contributed by atoms with van der Waals surface area (Å²) in [7, 11) is 0. The third-order valence-corrected chi connectivity index (χ3v) is 0.933. The maximum absolute atomic E-state index is 3.74. The molecule has 0 saturated carbocycles. The van der Waals surface area contributed by atoms with Crippen LogP contribution in [0.2, 0.25) is 0 Å². The van der Waals surface area contributed by atoms with Gasteiger partial charge >= 0.3 is 24.3 Å². The van der Waals surface area contributed by atoms with Gasteiger partial charge in [-0.3, -0.25) is 0 Å². The molecule has 0 aliphatic rings. The summed E-state index contributed by atoms with van der Waals surface area (Å²) in [5.74, 6) is 0. The van der Waals surface area contributed by atoms with Gasteiger partial charge in [-0.05, 0) is 6.72 Å². The molecule has 0 aromatic rings. The van der Waals surface area contributed by atoms with E-state index in [0.29, 0.717) is 6.42 Å². The van der Waals surface area contributed by atoms with Gasteiger partial charge in [0.1, 0.15) is 0 Å². The van der Waals surface area contributed by atoms with Crippen LogP contribution in [0.5, 0.6) is 0 Å². The summed E-state index contributed by atoms with van der Waals surface area (Å²) in [4.78, 5) is 7.08. The molecular formula is C12H23NSmW-4. The third-order valence-electron chi connectivity index (χ3n) is 0.933. The molecule has 0 aliphatic heterocycles. The molecule has 0 aromatic heterocycles. The maximum Gasteiger partial charge on any atom is 0 e. The Labute approximate surface area is 141 Å². The second-order valence-corrected chi connectivity index (χ2v) is 1.64. The van der Waals surface area contributed by atoms with Gasteiger partial charge in [0.15, 0.2) is 0 Å². The third kappa shape index (κ3) is 31.3. The minimum Gasteiger partial charge on any atom is -0.358 e. The molecule has 0 aliphatic carbocycles. The van der Waals surface area contributed by atoms with Crippen LogP contribution in [-0.4, -0.2) is 11.6 Å². The molecule has 15 heavy (non-hydrogen) atoms. The van der Waals surface area contributed by atoms with Crippen molar-refractivity contribution >= 4 is 11.6 Å². The van der Waals surface area contributed by atoms with Gasteiger partial charge in [-0.2, -0.15) is 6.42 Å². The Kier molecular flexibility index (Phi) is 72.1. The van der Waals surface area contributed by atoms with Crippen LogP contribution in [0.1, 0.15) is 33.1 Å². The molecule has 0 spiro atoms. The Morgan fingerprint density at radius 2 is 1.73 bits per heavy atom. The maximum atomic E-state index is 3.74. The fraction of sp³-hybridized carbons (Fsp3) is 0.417. The van der Waals surface area contributed by atoms with Crippen molar-refractivity contribution in [1.29, 1.82) is 0 Å². The number of aliphatic imine (C=N–C) groups is 1. The van der Waals surface area contributed by atoms with E-state index in [-0.39, 0.29) is 47.8 Å². The van der Waals surface area contributed by atoms with Gasteiger partial charge in [0.25, 0.3) is 0 Å². The molecule has 0 heterocycles. The number of rotatable bonds is 4. The molecule has 0 N–H and O–H groups in total. The fourth-order valence-corrected chi connectivity index (χ4v) is 0.535. The van der Waals surface area contributed by atoms with Crippen LogP contribution in [0.25, 0.3) is 0 Å². The second-order valence-electron chi connectivity index (χ2n) is 1.64. The van der Waals surface area contributed by atoms with Crippen LogP contribution >= 0.6 is 0 Å². The Hall–Kier alpha value is 1.31. The molecule has 92 valence electrons. The fourth-order valence-electron chi connectivity index (χ4n) is 0.535. The summed E-state index contributed by atoms with van der Waals surface area (Å²) < 4.78 is 0. The summed E-state index contributed by atoms with van der Waals surface area (Å²) in [5.41, 5.74) is 0.889. The number of hydrogen-bond acceptors (Lipinski definition) is 1. The number of hydrogen-bond donors (Lipinski definition) is 0. The zero-order valence-electron chi connectivity index (χ0n) is 10.2. The predicted octanol–water partition coefficient (Wildman–Crippen LogP) is 3.65. The molecule has 1 nitrogen and oxygen atoms in total. The predicted molar refractivity (Wildman–Crippen MR) is 65.8 cm³/mol. The summed E-state index contributed by atoms with van der Waals surface area (Å²) in [5, 5.41) is 0. The molecule has 0 rings (SSSR count). The summed E-state index contributed by atoms with van der Waals surface area (Å²) in [6, 6.07) is 0. The minimum atomic E-state index is 0. The van der Waals surface area contributed by atoms with Crippen LogP contribution in [0, 0.1) is 67.7 Å². The van der Waals surface area contributed by atoms with Crippen LogP contribution in [0.3, 0.4) is 0 Å². The summed E-state index contributed by atoms with van der Waals surface area (Å²) in [6.07, 6.45) is 5.34. The second kappa shape index (κ2) is 36.2. The van der Waals surface area contributed by atoms with E-state index in [4.69, 9.17) is 0 Å². The first-order valence-corrected chi connectivity index (χ1v) is 6.36. The first kappa shape index (κ1) is 29.9. The largest absolute Gasteiger partial charge is 0.358 e. The first-order chi connectivity index (χ1) is 6.35. The molecular weight excluding hydrogens is 492 g/mol. The standard InChI is InChI=1S/C8H12N.C2H6.CH3.CH2.Sm.W/c1-4-6-8(9-3)7-5-2;1-2;;;;/h1-6H2;1-2H3;1H3;1H2;;/q-3;;-1;;;. The van der Waals surface area contributed by atoms with Gasteiger partial charge < -0.3 is 38.8 Å². The smallest absolute Gasteiger partial charge is 0 e. The number of nitrogens with zero attached hydrogens (tertiary/aromatic N) is 1. The molecule has 0 fully saturated rings. The van der Waals surface area contributed by atoms with Gasteiger partial charge in [0, 0.05) is 40.4 Å². The van der Waals surface area contributed by atoms with Gasteiger partial charge in [-0.15, -0.1) is 5.70 Å². The van der Waals surface area contributed by atoms with Crippen molar-refractivity contribution in [3.05, 3.63) is 33.0 Å². The first-order valence-electron chi connectivity index (χ1n) is 4.29. The van der Waals surface area contributed by atoms with Crippen LogP contribution < -0.4 is 0 Å². The molecule has 0 saturated heterocycles. The number of allylic oxidation sites excluding steroid dienone is 2. The van der Waals surface area contributed by atoms with Crippen molar-refractivity contribution < 1.29 is 59.7 Å². The van der Waals surface area contributed by atoms with Crippen molar-refractivity contribution in [3.63, 3.8) is 0 Å². The van der Waals surface area contributed by atoms with Gasteiger partial charge in [-0.1, -0.05) is 20.3 Å². The molecule has 3 heteroatoms. The zero-order chi connectivity index (χ0) is 11.1. The SMILES string of the molecule is C=NC(=[C-]C[CH2-])CC[CH2-].CC.[CH2]=[W].[CH3-].[Sm]. The molecule has 0 radical (unpaired) electrons. The Balaban J connectivity index is -0.0000000496. The summed E-state index contributed by atoms with van der Waals surface area (Å²) in [6.45, 7) is 14.7. The Bertz CT molecular complexity index is 125. The zero-order valence-corrected chi connectivity index (χ0v) is 15.8. The average Bonchev–Trinajstić information content (AvgIpc) is 2.23. The van der Waals surface area contributed by atoms with E-state index >= 15 is 0 Å². The average molecular weight is 516 g/mol. The van der Waals surface area contributed by atoms with Crippen LogP contribution in [-0.2, 0) is 19.4 Å². The van der Waals surface area contributed by atoms with Gasteiger partial charge in [0.05, 0.1) is 0 Å². The van der Waals surface area contributed by atoms with E-state index in [1.807, 2.05) is 13.8 Å². The van der Waals surface area contributed by atoms with E-state index in [0.717, 1.165) is 18.5 Å². The van der Waals surface area contributed by atoms with E-state index < -0.39 is 0 Å². The van der Waals surface area contributed by atoms with E-state index in [9.17, 15) is 0 Å². The van der Waals surface area contributed by atoms with Crippen molar-refractivity contribution in [2.24, 2.45) is 4.99 Å². The topological polar surface area (TPSA) is 12.4 Å². The van der Waals surface area contributed by atoms with Gasteiger partial charge in [-0.25, -0.2) is 0 Å². The monoisotopic (exact) mass is 517 g/mol. The van der Waals surface area contributed by atoms with Gasteiger partial charge in [0.2, 0.25) is 0 Å². The van der Waals surface area contributed by atoms with Crippen molar-refractivity contribution in [3.8, 4) is 0 Å². The Morgan fingerprint density at radius 1 is 1.33 bits per heavy atom. The van der Waals surface area contributed by atoms with E-state index in [2.05, 4.69) is 36.5 Å². The molecule has 0 aromatic carbocycles. The van der Waals surface area contributed by atoms with Crippen LogP contribution in [0.4, 0.5) is 0 Å². The quantitative estimate of drug-likeness (QED) is 0.401. The normalized spacial score (nSPS) is 7.60. The van der Waals surface area contributed by atoms with Crippen molar-refractivity contribution in [2.75, 3.05) is 0 Å². The minimum absolute atomic E-state index is 0.